The number of benzene rings is 2. The Labute approximate surface area is 177 Å². The Hall–Kier alpha value is -3.13. The van der Waals surface area contributed by atoms with E-state index in [0.717, 1.165) is 29.7 Å². The average molecular weight is 427 g/mol. The standard InChI is InChI=1S/C22H26N4O3S/c1-4-11-26-15-18(14-24-26)13-23-22(27)19-8-7-17(3)21(12-19)25-30(28,29)20-9-5-16(2)6-10-20/h5-10,12,14-15,25H,4,11,13H2,1-3H3,(H,23,27). The zero-order valence-corrected chi connectivity index (χ0v) is 18.2. The molecule has 3 aromatic rings. The summed E-state index contributed by atoms with van der Waals surface area (Å²) in [7, 11) is -3.75. The van der Waals surface area contributed by atoms with Gasteiger partial charge in [0.25, 0.3) is 15.9 Å². The van der Waals surface area contributed by atoms with Gasteiger partial charge >= 0.3 is 0 Å². The summed E-state index contributed by atoms with van der Waals surface area (Å²) in [6.07, 6.45) is 4.62. The van der Waals surface area contributed by atoms with E-state index < -0.39 is 10.0 Å². The molecule has 30 heavy (non-hydrogen) atoms. The van der Waals surface area contributed by atoms with Crippen LogP contribution in [0.25, 0.3) is 0 Å². The highest BCUT2D eigenvalue weighted by atomic mass is 32.2. The maximum Gasteiger partial charge on any atom is 0.261 e. The molecule has 7 nitrogen and oxygen atoms in total. The van der Waals surface area contributed by atoms with Gasteiger partial charge in [-0.15, -0.1) is 0 Å². The van der Waals surface area contributed by atoms with Crippen LogP contribution in [0.3, 0.4) is 0 Å². The van der Waals surface area contributed by atoms with Gasteiger partial charge in [0, 0.05) is 30.4 Å². The predicted octanol–water partition coefficient (Wildman–Crippen LogP) is 3.64. The molecule has 1 heterocycles. The Kier molecular flexibility index (Phi) is 6.56. The highest BCUT2D eigenvalue weighted by molar-refractivity contribution is 7.92. The summed E-state index contributed by atoms with van der Waals surface area (Å²) in [6.45, 7) is 6.93. The Morgan fingerprint density at radius 1 is 1.10 bits per heavy atom. The van der Waals surface area contributed by atoms with Gasteiger partial charge in [0.2, 0.25) is 0 Å². The third-order valence-electron chi connectivity index (χ3n) is 4.67. The van der Waals surface area contributed by atoms with Crippen LogP contribution in [-0.4, -0.2) is 24.1 Å². The molecular formula is C22H26N4O3S. The van der Waals surface area contributed by atoms with Crippen LogP contribution in [0.15, 0.2) is 59.8 Å². The van der Waals surface area contributed by atoms with Crippen LogP contribution in [0.2, 0.25) is 0 Å². The van der Waals surface area contributed by atoms with Crippen LogP contribution in [0.1, 0.15) is 40.4 Å². The third kappa shape index (κ3) is 5.27. The van der Waals surface area contributed by atoms with Crippen molar-refractivity contribution in [3.8, 4) is 0 Å². The lowest BCUT2D eigenvalue weighted by Gasteiger charge is -2.12. The van der Waals surface area contributed by atoms with E-state index in [1.54, 1.807) is 55.6 Å². The summed E-state index contributed by atoms with van der Waals surface area (Å²) in [4.78, 5) is 12.7. The number of sulfonamides is 1. The van der Waals surface area contributed by atoms with Crippen LogP contribution in [-0.2, 0) is 23.1 Å². The van der Waals surface area contributed by atoms with Crippen molar-refractivity contribution in [1.82, 2.24) is 15.1 Å². The third-order valence-corrected chi connectivity index (χ3v) is 6.05. The first-order valence-electron chi connectivity index (χ1n) is 9.78. The summed E-state index contributed by atoms with van der Waals surface area (Å²) in [5.74, 6) is -0.283. The number of nitrogens with one attached hydrogen (secondary N) is 2. The molecule has 0 atom stereocenters. The maximum absolute atomic E-state index is 12.7. The van der Waals surface area contributed by atoms with Gasteiger partial charge in [-0.2, -0.15) is 5.10 Å². The largest absolute Gasteiger partial charge is 0.348 e. The Bertz CT molecular complexity index is 1140. The van der Waals surface area contributed by atoms with Crippen molar-refractivity contribution in [1.29, 1.82) is 0 Å². The molecule has 0 aliphatic carbocycles. The van der Waals surface area contributed by atoms with Gasteiger partial charge in [0.05, 0.1) is 16.8 Å². The van der Waals surface area contributed by atoms with E-state index in [1.807, 2.05) is 17.8 Å². The van der Waals surface area contributed by atoms with E-state index in [-0.39, 0.29) is 10.8 Å². The van der Waals surface area contributed by atoms with Crippen molar-refractivity contribution < 1.29 is 13.2 Å². The number of hydrogen-bond donors (Lipinski definition) is 2. The summed E-state index contributed by atoms with van der Waals surface area (Å²) in [5, 5.41) is 7.09. The fourth-order valence-corrected chi connectivity index (χ4v) is 4.05. The Morgan fingerprint density at radius 3 is 2.53 bits per heavy atom. The number of amides is 1. The van der Waals surface area contributed by atoms with Crippen molar-refractivity contribution in [3.63, 3.8) is 0 Å². The number of aromatic nitrogens is 2. The molecule has 0 saturated heterocycles. The van der Waals surface area contributed by atoms with Crippen molar-refractivity contribution >= 4 is 21.6 Å². The first-order valence-corrected chi connectivity index (χ1v) is 11.3. The van der Waals surface area contributed by atoms with Crippen molar-refractivity contribution in [3.05, 3.63) is 77.1 Å². The molecule has 2 N–H and O–H groups in total. The minimum absolute atomic E-state index is 0.173. The molecule has 2 aromatic carbocycles. The molecule has 0 saturated carbocycles. The number of aryl methyl sites for hydroxylation is 3. The first-order chi connectivity index (χ1) is 14.3. The Balaban J connectivity index is 1.72. The van der Waals surface area contributed by atoms with Crippen LogP contribution in [0, 0.1) is 13.8 Å². The minimum atomic E-state index is -3.75. The van der Waals surface area contributed by atoms with Gasteiger partial charge < -0.3 is 5.32 Å². The molecule has 0 aliphatic rings. The summed E-state index contributed by atoms with van der Waals surface area (Å²) >= 11 is 0. The van der Waals surface area contributed by atoms with Crippen LogP contribution in [0.4, 0.5) is 5.69 Å². The number of nitrogens with zero attached hydrogens (tertiary/aromatic N) is 2. The first kappa shape index (κ1) is 21.6. The van der Waals surface area contributed by atoms with E-state index in [4.69, 9.17) is 0 Å². The van der Waals surface area contributed by atoms with Gasteiger partial charge in [-0.3, -0.25) is 14.2 Å². The van der Waals surface area contributed by atoms with E-state index in [2.05, 4.69) is 22.1 Å². The zero-order chi connectivity index (χ0) is 21.7. The van der Waals surface area contributed by atoms with Crippen LogP contribution < -0.4 is 10.0 Å². The maximum atomic E-state index is 12.7. The van der Waals surface area contributed by atoms with E-state index in [0.29, 0.717) is 17.8 Å². The monoisotopic (exact) mass is 426 g/mol. The van der Waals surface area contributed by atoms with Crippen molar-refractivity contribution in [2.75, 3.05) is 4.72 Å². The second-order valence-corrected chi connectivity index (χ2v) is 8.92. The molecule has 1 aromatic heterocycles. The quantitative estimate of drug-likeness (QED) is 0.575. The lowest BCUT2D eigenvalue weighted by atomic mass is 10.1. The molecule has 0 bridgehead atoms. The van der Waals surface area contributed by atoms with E-state index >= 15 is 0 Å². The minimum Gasteiger partial charge on any atom is -0.348 e. The predicted molar refractivity (Wildman–Crippen MR) is 117 cm³/mol. The number of anilines is 1. The number of hydrogen-bond acceptors (Lipinski definition) is 4. The molecule has 8 heteroatoms. The van der Waals surface area contributed by atoms with Gasteiger partial charge in [0.1, 0.15) is 0 Å². The fourth-order valence-electron chi connectivity index (χ4n) is 2.93. The highest BCUT2D eigenvalue weighted by Gasteiger charge is 2.16. The second-order valence-electron chi connectivity index (χ2n) is 7.24. The van der Waals surface area contributed by atoms with Gasteiger partial charge in [-0.05, 0) is 50.1 Å². The molecule has 158 valence electrons. The Morgan fingerprint density at radius 2 is 1.83 bits per heavy atom. The van der Waals surface area contributed by atoms with Crippen molar-refractivity contribution in [2.24, 2.45) is 0 Å². The van der Waals surface area contributed by atoms with Crippen LogP contribution in [0.5, 0.6) is 0 Å². The molecular weight excluding hydrogens is 400 g/mol. The normalized spacial score (nSPS) is 11.3. The summed E-state index contributed by atoms with van der Waals surface area (Å²) in [5.41, 5.74) is 3.36. The fraction of sp³-hybridized carbons (Fsp3) is 0.273. The van der Waals surface area contributed by atoms with Gasteiger partial charge in [-0.25, -0.2) is 8.42 Å². The lowest BCUT2D eigenvalue weighted by Crippen LogP contribution is -2.23. The summed E-state index contributed by atoms with van der Waals surface area (Å²) in [6, 6.07) is 11.6. The molecule has 0 unspecified atom stereocenters. The second kappa shape index (κ2) is 9.13. The zero-order valence-electron chi connectivity index (χ0n) is 17.3. The van der Waals surface area contributed by atoms with Crippen LogP contribution >= 0.6 is 0 Å². The smallest absolute Gasteiger partial charge is 0.261 e. The lowest BCUT2D eigenvalue weighted by molar-refractivity contribution is 0.0951. The van der Waals surface area contributed by atoms with E-state index in [1.165, 1.54) is 0 Å². The number of carbonyl (C=O) groups excluding carboxylic acids is 1. The average Bonchev–Trinajstić information content (AvgIpc) is 3.16. The summed E-state index contributed by atoms with van der Waals surface area (Å²) < 4.78 is 29.8. The SMILES string of the molecule is CCCn1cc(CNC(=O)c2ccc(C)c(NS(=O)(=O)c3ccc(C)cc3)c2)cn1. The van der Waals surface area contributed by atoms with E-state index in [9.17, 15) is 13.2 Å². The molecule has 3 rings (SSSR count). The molecule has 0 aliphatic heterocycles. The van der Waals surface area contributed by atoms with Gasteiger partial charge in [-0.1, -0.05) is 30.7 Å². The molecule has 0 radical (unpaired) electrons. The number of rotatable bonds is 8. The topological polar surface area (TPSA) is 93.1 Å². The molecule has 0 fully saturated rings. The van der Waals surface area contributed by atoms with Gasteiger partial charge in [0.15, 0.2) is 0 Å². The molecule has 1 amide bonds. The molecule has 0 spiro atoms. The van der Waals surface area contributed by atoms with Crippen molar-refractivity contribution in [2.45, 2.75) is 45.2 Å². The highest BCUT2D eigenvalue weighted by Crippen LogP contribution is 2.21. The number of carbonyl (C=O) groups is 1.